The molecule has 0 unspecified atom stereocenters. The third-order valence-electron chi connectivity index (χ3n) is 3.42. The van der Waals surface area contributed by atoms with Gasteiger partial charge < -0.3 is 9.30 Å². The number of rotatable bonds is 2. The Hall–Kier alpha value is -2.95. The number of aromatic nitrogens is 1. The molecule has 1 aromatic heterocycles. The average Bonchev–Trinajstić information content (AvgIpc) is 2.56. The van der Waals surface area contributed by atoms with Gasteiger partial charge in [-0.1, -0.05) is 12.1 Å². The highest BCUT2D eigenvalue weighted by atomic mass is 19.1. The highest BCUT2D eigenvalue weighted by molar-refractivity contribution is 5.94. The van der Waals surface area contributed by atoms with E-state index in [0.29, 0.717) is 16.6 Å². The molecule has 3 aromatic rings. The van der Waals surface area contributed by atoms with Crippen LogP contribution in [0.3, 0.4) is 0 Å². The van der Waals surface area contributed by atoms with E-state index in [1.165, 1.54) is 25.4 Å². The summed E-state index contributed by atoms with van der Waals surface area (Å²) in [6.07, 6.45) is 1.42. The van der Waals surface area contributed by atoms with E-state index in [9.17, 15) is 14.0 Å². The van der Waals surface area contributed by atoms with E-state index >= 15 is 0 Å². The van der Waals surface area contributed by atoms with Crippen LogP contribution in [0.2, 0.25) is 0 Å². The number of hydrogen-bond acceptors (Lipinski definition) is 3. The molecule has 0 aliphatic heterocycles. The molecule has 0 N–H and O–H groups in total. The molecule has 0 radical (unpaired) electrons. The second-order valence-corrected chi connectivity index (χ2v) is 4.73. The molecule has 1 heterocycles. The van der Waals surface area contributed by atoms with Gasteiger partial charge in [-0.25, -0.2) is 9.18 Å². The summed E-state index contributed by atoms with van der Waals surface area (Å²) in [7, 11) is 1.22. The van der Waals surface area contributed by atoms with Crippen LogP contribution in [0, 0.1) is 5.82 Å². The number of carbonyl (C=O) groups excluding carboxylic acids is 1. The third-order valence-corrected chi connectivity index (χ3v) is 3.42. The number of hydrogen-bond donors (Lipinski definition) is 0. The molecule has 5 heteroatoms. The molecule has 0 fully saturated rings. The molecule has 0 aliphatic carbocycles. The molecule has 0 saturated heterocycles. The van der Waals surface area contributed by atoms with Crippen LogP contribution in [0.4, 0.5) is 4.39 Å². The minimum Gasteiger partial charge on any atom is -0.465 e. The Morgan fingerprint density at radius 2 is 1.77 bits per heavy atom. The quantitative estimate of drug-likeness (QED) is 0.683. The summed E-state index contributed by atoms with van der Waals surface area (Å²) >= 11 is 0. The summed E-state index contributed by atoms with van der Waals surface area (Å²) in [5.41, 5.74) is 0.820. The molecule has 0 saturated carbocycles. The number of carbonyl (C=O) groups is 1. The number of methoxy groups -OCH3 is 1. The maximum atomic E-state index is 13.1. The summed E-state index contributed by atoms with van der Waals surface area (Å²) in [6, 6.07) is 12.7. The molecule has 4 nitrogen and oxygen atoms in total. The molecule has 0 atom stereocenters. The molecular weight excluding hydrogens is 285 g/mol. The number of pyridine rings is 1. The number of halogens is 1. The van der Waals surface area contributed by atoms with Crippen molar-refractivity contribution in [1.82, 2.24) is 4.57 Å². The summed E-state index contributed by atoms with van der Waals surface area (Å²) in [5, 5.41) is 0.398. The highest BCUT2D eigenvalue weighted by Gasteiger charge is 2.16. The normalized spacial score (nSPS) is 10.6. The number of esters is 1. The second kappa shape index (κ2) is 5.44. The van der Waals surface area contributed by atoms with Gasteiger partial charge >= 0.3 is 5.97 Å². The van der Waals surface area contributed by atoms with Crippen LogP contribution >= 0.6 is 0 Å². The van der Waals surface area contributed by atoms with Crippen molar-refractivity contribution in [3.63, 3.8) is 0 Å². The molecule has 2 aromatic carbocycles. The molecule has 0 amide bonds. The van der Waals surface area contributed by atoms with Crippen molar-refractivity contribution in [1.29, 1.82) is 0 Å². The van der Waals surface area contributed by atoms with E-state index < -0.39 is 5.97 Å². The average molecular weight is 297 g/mol. The molecule has 0 spiro atoms. The van der Waals surface area contributed by atoms with E-state index in [2.05, 4.69) is 4.74 Å². The molecule has 0 aliphatic rings. The van der Waals surface area contributed by atoms with Gasteiger partial charge in [0.05, 0.1) is 12.6 Å². The van der Waals surface area contributed by atoms with Gasteiger partial charge in [0.25, 0.3) is 0 Å². The molecule has 110 valence electrons. The van der Waals surface area contributed by atoms with Gasteiger partial charge in [0.1, 0.15) is 11.4 Å². The van der Waals surface area contributed by atoms with Crippen LogP contribution in [0.25, 0.3) is 16.6 Å². The lowest BCUT2D eigenvalue weighted by Crippen LogP contribution is -2.19. The first-order valence-electron chi connectivity index (χ1n) is 6.60. The van der Waals surface area contributed by atoms with Crippen LogP contribution in [0.15, 0.2) is 59.5 Å². The second-order valence-electron chi connectivity index (χ2n) is 4.73. The van der Waals surface area contributed by atoms with Gasteiger partial charge in [-0.2, -0.15) is 0 Å². The maximum absolute atomic E-state index is 13.1. The summed E-state index contributed by atoms with van der Waals surface area (Å²) < 4.78 is 19.4. The minimum atomic E-state index is -0.702. The Labute approximate surface area is 125 Å². The Morgan fingerprint density at radius 1 is 1.09 bits per heavy atom. The van der Waals surface area contributed by atoms with Crippen LogP contribution in [0.1, 0.15) is 10.4 Å². The summed E-state index contributed by atoms with van der Waals surface area (Å²) in [5.74, 6) is -1.06. The van der Waals surface area contributed by atoms with Crippen molar-refractivity contribution in [2.45, 2.75) is 0 Å². The lowest BCUT2D eigenvalue weighted by Gasteiger charge is -2.12. The zero-order valence-electron chi connectivity index (χ0n) is 11.7. The van der Waals surface area contributed by atoms with Crippen LogP contribution in [-0.2, 0) is 4.74 Å². The third kappa shape index (κ3) is 2.26. The topological polar surface area (TPSA) is 48.3 Å². The first-order chi connectivity index (χ1) is 10.6. The number of fused-ring (bicyclic) bond motifs is 1. The first kappa shape index (κ1) is 14.0. The summed E-state index contributed by atoms with van der Waals surface area (Å²) in [6.45, 7) is 0. The highest BCUT2D eigenvalue weighted by Crippen LogP contribution is 2.18. The Bertz CT molecular complexity index is 913. The molecule has 3 rings (SSSR count). The largest absolute Gasteiger partial charge is 0.465 e. The van der Waals surface area contributed by atoms with Crippen molar-refractivity contribution in [2.24, 2.45) is 0 Å². The van der Waals surface area contributed by atoms with Gasteiger partial charge in [-0.3, -0.25) is 4.79 Å². The van der Waals surface area contributed by atoms with Crippen molar-refractivity contribution in [3.8, 4) is 5.69 Å². The Balaban J connectivity index is 2.38. The maximum Gasteiger partial charge on any atom is 0.343 e. The zero-order valence-corrected chi connectivity index (χ0v) is 11.7. The van der Waals surface area contributed by atoms with Gasteiger partial charge in [-0.15, -0.1) is 0 Å². The predicted molar refractivity (Wildman–Crippen MR) is 80.8 cm³/mol. The number of ether oxygens (including phenoxy) is 1. The fraction of sp³-hybridized carbons (Fsp3) is 0.0588. The minimum absolute atomic E-state index is 0.0643. The van der Waals surface area contributed by atoms with E-state index in [1.807, 2.05) is 0 Å². The van der Waals surface area contributed by atoms with Gasteiger partial charge in [0.2, 0.25) is 5.43 Å². The number of para-hydroxylation sites is 1. The monoisotopic (exact) mass is 297 g/mol. The van der Waals surface area contributed by atoms with Crippen LogP contribution in [0.5, 0.6) is 0 Å². The van der Waals surface area contributed by atoms with Crippen molar-refractivity contribution in [2.75, 3.05) is 7.11 Å². The standard InChI is InChI=1S/C17H12FNO3/c1-22-17(21)14-10-19(12-8-6-11(18)7-9-12)15-5-3-2-4-13(15)16(14)20/h2-10H,1H3. The van der Waals surface area contributed by atoms with Gasteiger partial charge in [-0.05, 0) is 36.4 Å². The lowest BCUT2D eigenvalue weighted by atomic mass is 10.1. The SMILES string of the molecule is COC(=O)c1cn(-c2ccc(F)cc2)c2ccccc2c1=O. The fourth-order valence-electron chi connectivity index (χ4n) is 2.35. The van der Waals surface area contributed by atoms with E-state index in [-0.39, 0.29) is 16.8 Å². The Morgan fingerprint density at radius 3 is 2.45 bits per heavy atom. The van der Waals surface area contributed by atoms with Crippen molar-refractivity contribution < 1.29 is 13.9 Å². The molecule has 22 heavy (non-hydrogen) atoms. The first-order valence-corrected chi connectivity index (χ1v) is 6.60. The lowest BCUT2D eigenvalue weighted by molar-refractivity contribution is 0.0599. The van der Waals surface area contributed by atoms with E-state index in [1.54, 1.807) is 41.0 Å². The Kier molecular flexibility index (Phi) is 3.47. The number of benzene rings is 2. The fourth-order valence-corrected chi connectivity index (χ4v) is 2.35. The summed E-state index contributed by atoms with van der Waals surface area (Å²) in [4.78, 5) is 24.2. The number of nitrogens with zero attached hydrogens (tertiary/aromatic N) is 1. The van der Waals surface area contributed by atoms with Crippen LogP contribution in [-0.4, -0.2) is 17.6 Å². The van der Waals surface area contributed by atoms with Crippen molar-refractivity contribution >= 4 is 16.9 Å². The molecule has 0 bridgehead atoms. The van der Waals surface area contributed by atoms with E-state index in [0.717, 1.165) is 0 Å². The van der Waals surface area contributed by atoms with Gasteiger partial charge in [0.15, 0.2) is 0 Å². The zero-order chi connectivity index (χ0) is 15.7. The molecular formula is C17H12FNO3. The van der Waals surface area contributed by atoms with Gasteiger partial charge in [0, 0.05) is 17.3 Å². The van der Waals surface area contributed by atoms with E-state index in [4.69, 9.17) is 0 Å². The van der Waals surface area contributed by atoms with Crippen molar-refractivity contribution in [3.05, 3.63) is 76.3 Å². The smallest absolute Gasteiger partial charge is 0.343 e. The van der Waals surface area contributed by atoms with Crippen LogP contribution < -0.4 is 5.43 Å². The predicted octanol–water partition coefficient (Wildman–Crippen LogP) is 2.92.